The fourth-order valence-corrected chi connectivity index (χ4v) is 0.934. The highest BCUT2D eigenvalue weighted by Crippen LogP contribution is 2.17. The minimum Gasteiger partial charge on any atom is -0.369 e. The van der Waals surface area contributed by atoms with E-state index >= 15 is 0 Å². The van der Waals surface area contributed by atoms with Crippen LogP contribution in [0.5, 0.6) is 0 Å². The van der Waals surface area contributed by atoms with E-state index in [9.17, 15) is 4.79 Å². The molecule has 0 aromatic heterocycles. The van der Waals surface area contributed by atoms with Crippen LogP contribution in [0.1, 0.15) is 34.6 Å². The zero-order valence-electron chi connectivity index (χ0n) is 10.7. The first-order valence-corrected chi connectivity index (χ1v) is 5.27. The normalized spacial score (nSPS) is 16.3. The largest absolute Gasteiger partial charge is 0.369 e. The number of hydrogen-bond donors (Lipinski definition) is 2. The number of rotatable bonds is 5. The molecule has 0 heterocycles. The lowest BCUT2D eigenvalue weighted by atomic mass is 9.87. The van der Waals surface area contributed by atoms with E-state index in [1.807, 2.05) is 20.8 Å². The van der Waals surface area contributed by atoms with Crippen molar-refractivity contribution < 1.29 is 9.53 Å². The van der Waals surface area contributed by atoms with Gasteiger partial charge in [0, 0.05) is 13.7 Å². The van der Waals surface area contributed by atoms with Crippen molar-refractivity contribution in [3.05, 3.63) is 0 Å². The van der Waals surface area contributed by atoms with E-state index in [1.165, 1.54) is 7.11 Å². The Bertz CT molecular complexity index is 227. The lowest BCUT2D eigenvalue weighted by molar-refractivity contribution is -0.141. The maximum Gasteiger partial charge on any atom is 0.252 e. The number of nitrogens with one attached hydrogen (secondary N) is 1. The van der Waals surface area contributed by atoms with Crippen LogP contribution in [0.15, 0.2) is 0 Å². The average Bonchev–Trinajstić information content (AvgIpc) is 2.17. The van der Waals surface area contributed by atoms with Crippen LogP contribution in [-0.4, -0.2) is 30.7 Å². The third-order valence-electron chi connectivity index (χ3n) is 3.15. The Morgan fingerprint density at radius 2 is 1.87 bits per heavy atom. The first-order chi connectivity index (χ1) is 6.69. The average molecular weight is 216 g/mol. The van der Waals surface area contributed by atoms with Crippen LogP contribution >= 0.6 is 0 Å². The standard InChI is InChI=1S/C11H24N2O2/c1-8(2)11(5,7-12)13-9(14)10(3,4)15-6/h8H,7,12H2,1-6H3,(H,13,14). The third kappa shape index (κ3) is 3.47. The summed E-state index contributed by atoms with van der Waals surface area (Å²) < 4.78 is 5.12. The van der Waals surface area contributed by atoms with Gasteiger partial charge in [0.15, 0.2) is 0 Å². The van der Waals surface area contributed by atoms with E-state index in [-0.39, 0.29) is 17.4 Å². The molecule has 3 N–H and O–H groups in total. The second-order valence-electron chi connectivity index (χ2n) is 4.94. The van der Waals surface area contributed by atoms with E-state index in [0.717, 1.165) is 0 Å². The van der Waals surface area contributed by atoms with Gasteiger partial charge in [-0.05, 0) is 26.7 Å². The first kappa shape index (κ1) is 14.4. The topological polar surface area (TPSA) is 64.3 Å². The minimum atomic E-state index is -0.814. The molecule has 0 aliphatic carbocycles. The molecule has 0 spiro atoms. The predicted molar refractivity (Wildman–Crippen MR) is 61.5 cm³/mol. The van der Waals surface area contributed by atoms with Crippen LogP contribution in [-0.2, 0) is 9.53 Å². The Balaban J connectivity index is 4.65. The summed E-state index contributed by atoms with van der Waals surface area (Å²) in [5, 5.41) is 2.94. The predicted octanol–water partition coefficient (Wildman–Crippen LogP) is 0.901. The molecular weight excluding hydrogens is 192 g/mol. The van der Waals surface area contributed by atoms with E-state index in [4.69, 9.17) is 10.5 Å². The fraction of sp³-hybridized carbons (Fsp3) is 0.909. The lowest BCUT2D eigenvalue weighted by Gasteiger charge is -2.36. The lowest BCUT2D eigenvalue weighted by Crippen LogP contribution is -2.59. The third-order valence-corrected chi connectivity index (χ3v) is 3.15. The second-order valence-corrected chi connectivity index (χ2v) is 4.94. The van der Waals surface area contributed by atoms with Gasteiger partial charge in [0.05, 0.1) is 5.54 Å². The molecule has 0 aliphatic heterocycles. The van der Waals surface area contributed by atoms with Crippen molar-refractivity contribution in [2.75, 3.05) is 13.7 Å². The number of hydrogen-bond acceptors (Lipinski definition) is 3. The quantitative estimate of drug-likeness (QED) is 0.717. The van der Waals surface area contributed by atoms with Gasteiger partial charge in [0.25, 0.3) is 5.91 Å². The van der Waals surface area contributed by atoms with E-state index in [0.29, 0.717) is 6.54 Å². The van der Waals surface area contributed by atoms with Crippen molar-refractivity contribution in [2.24, 2.45) is 11.7 Å². The maximum absolute atomic E-state index is 11.9. The molecular formula is C11H24N2O2. The molecule has 0 aromatic carbocycles. The summed E-state index contributed by atoms with van der Waals surface area (Å²) in [4.78, 5) is 11.9. The van der Waals surface area contributed by atoms with Gasteiger partial charge in [-0.2, -0.15) is 0 Å². The van der Waals surface area contributed by atoms with Crippen LogP contribution in [0.25, 0.3) is 0 Å². The monoisotopic (exact) mass is 216 g/mol. The number of carbonyl (C=O) groups excluding carboxylic acids is 1. The van der Waals surface area contributed by atoms with Crippen molar-refractivity contribution in [3.63, 3.8) is 0 Å². The van der Waals surface area contributed by atoms with Gasteiger partial charge in [-0.3, -0.25) is 4.79 Å². The molecule has 1 unspecified atom stereocenters. The highest BCUT2D eigenvalue weighted by molar-refractivity contribution is 5.85. The van der Waals surface area contributed by atoms with Crippen molar-refractivity contribution in [1.29, 1.82) is 0 Å². The highest BCUT2D eigenvalue weighted by atomic mass is 16.5. The van der Waals surface area contributed by atoms with Gasteiger partial charge in [0.1, 0.15) is 5.60 Å². The van der Waals surface area contributed by atoms with Crippen LogP contribution < -0.4 is 11.1 Å². The van der Waals surface area contributed by atoms with Gasteiger partial charge in [-0.1, -0.05) is 13.8 Å². The number of carbonyl (C=O) groups is 1. The molecule has 0 saturated carbocycles. The summed E-state index contributed by atoms with van der Waals surface area (Å²) in [6.07, 6.45) is 0. The SMILES string of the molecule is COC(C)(C)C(=O)NC(C)(CN)C(C)C. The molecule has 0 aliphatic rings. The van der Waals surface area contributed by atoms with Gasteiger partial charge < -0.3 is 15.8 Å². The van der Waals surface area contributed by atoms with Gasteiger partial charge >= 0.3 is 0 Å². The minimum absolute atomic E-state index is 0.133. The van der Waals surface area contributed by atoms with E-state index in [1.54, 1.807) is 13.8 Å². The summed E-state index contributed by atoms with van der Waals surface area (Å²) >= 11 is 0. The van der Waals surface area contributed by atoms with Crippen molar-refractivity contribution >= 4 is 5.91 Å². The molecule has 90 valence electrons. The van der Waals surface area contributed by atoms with E-state index in [2.05, 4.69) is 5.32 Å². The van der Waals surface area contributed by atoms with Crippen LogP contribution in [0.2, 0.25) is 0 Å². The number of amides is 1. The molecule has 0 saturated heterocycles. The molecule has 0 rings (SSSR count). The molecule has 1 atom stereocenters. The Morgan fingerprint density at radius 3 is 2.13 bits per heavy atom. The van der Waals surface area contributed by atoms with Gasteiger partial charge in [0.2, 0.25) is 0 Å². The Labute approximate surface area is 92.6 Å². The van der Waals surface area contributed by atoms with Crippen LogP contribution in [0.4, 0.5) is 0 Å². The van der Waals surface area contributed by atoms with Crippen molar-refractivity contribution in [2.45, 2.75) is 45.8 Å². The number of nitrogens with two attached hydrogens (primary N) is 1. The molecule has 15 heavy (non-hydrogen) atoms. The molecule has 4 nitrogen and oxygen atoms in total. The van der Waals surface area contributed by atoms with Crippen LogP contribution in [0, 0.1) is 5.92 Å². The van der Waals surface area contributed by atoms with Crippen LogP contribution in [0.3, 0.4) is 0 Å². The van der Waals surface area contributed by atoms with Crippen molar-refractivity contribution in [1.82, 2.24) is 5.32 Å². The molecule has 0 fully saturated rings. The number of methoxy groups -OCH3 is 1. The van der Waals surface area contributed by atoms with Gasteiger partial charge in [-0.15, -0.1) is 0 Å². The first-order valence-electron chi connectivity index (χ1n) is 5.27. The van der Waals surface area contributed by atoms with Crippen molar-refractivity contribution in [3.8, 4) is 0 Å². The van der Waals surface area contributed by atoms with E-state index < -0.39 is 5.60 Å². The van der Waals surface area contributed by atoms with Gasteiger partial charge in [-0.25, -0.2) is 0 Å². The molecule has 4 heteroatoms. The summed E-state index contributed by atoms with van der Waals surface area (Å²) in [5.41, 5.74) is 4.49. The number of ether oxygens (including phenoxy) is 1. The summed E-state index contributed by atoms with van der Waals surface area (Å²) in [6.45, 7) is 9.90. The fourth-order valence-electron chi connectivity index (χ4n) is 0.934. The summed E-state index contributed by atoms with van der Waals surface area (Å²) in [7, 11) is 1.52. The Hall–Kier alpha value is -0.610. The Morgan fingerprint density at radius 1 is 1.40 bits per heavy atom. The molecule has 0 aromatic rings. The zero-order valence-corrected chi connectivity index (χ0v) is 10.7. The summed E-state index contributed by atoms with van der Waals surface area (Å²) in [6, 6.07) is 0. The smallest absolute Gasteiger partial charge is 0.252 e. The second kappa shape index (κ2) is 4.94. The highest BCUT2D eigenvalue weighted by Gasteiger charge is 2.35. The molecule has 0 bridgehead atoms. The zero-order chi connectivity index (χ0) is 12.3. The molecule has 0 radical (unpaired) electrons. The molecule has 1 amide bonds. The summed E-state index contributed by atoms with van der Waals surface area (Å²) in [5.74, 6) is 0.144. The Kier molecular flexibility index (Phi) is 4.74. The maximum atomic E-state index is 11.9.